The van der Waals surface area contributed by atoms with Crippen molar-refractivity contribution in [2.24, 2.45) is 0 Å². The number of nitrogens with one attached hydrogen (secondary N) is 1. The molecule has 1 aromatic heterocycles. The molecule has 100 valence electrons. The molecule has 0 spiro atoms. The Morgan fingerprint density at radius 3 is 2.33 bits per heavy atom. The number of aliphatic carboxylic acids is 2. The van der Waals surface area contributed by atoms with Crippen molar-refractivity contribution >= 4 is 11.9 Å². The van der Waals surface area contributed by atoms with Crippen LogP contribution in [0.3, 0.4) is 0 Å². The molecule has 1 saturated heterocycles. The van der Waals surface area contributed by atoms with Crippen molar-refractivity contribution in [1.82, 2.24) is 10.2 Å². The van der Waals surface area contributed by atoms with Crippen LogP contribution in [0.4, 0.5) is 0 Å². The normalized spacial score (nSPS) is 15.6. The van der Waals surface area contributed by atoms with Gasteiger partial charge in [-0.3, -0.25) is 4.90 Å². The number of hydrogen-bond acceptors (Lipinski definition) is 5. The van der Waals surface area contributed by atoms with Crippen LogP contribution in [0, 0.1) is 0 Å². The second-order valence-electron chi connectivity index (χ2n) is 3.72. The van der Waals surface area contributed by atoms with Crippen LogP contribution in [0.1, 0.15) is 5.76 Å². The molecule has 2 rings (SSSR count). The smallest absolute Gasteiger partial charge is 0.414 e. The Hall–Kier alpha value is -1.86. The molecular weight excluding hydrogens is 240 g/mol. The summed E-state index contributed by atoms with van der Waals surface area (Å²) in [5.74, 6) is -2.58. The van der Waals surface area contributed by atoms with E-state index in [9.17, 15) is 0 Å². The van der Waals surface area contributed by atoms with Crippen LogP contribution in [0.5, 0.6) is 0 Å². The molecule has 0 atom stereocenters. The van der Waals surface area contributed by atoms with Crippen molar-refractivity contribution in [3.63, 3.8) is 0 Å². The van der Waals surface area contributed by atoms with Gasteiger partial charge in [-0.25, -0.2) is 9.59 Å². The molecule has 0 saturated carbocycles. The van der Waals surface area contributed by atoms with E-state index in [1.54, 1.807) is 6.26 Å². The van der Waals surface area contributed by atoms with Crippen molar-refractivity contribution in [1.29, 1.82) is 0 Å². The highest BCUT2D eigenvalue weighted by Crippen LogP contribution is 2.05. The molecule has 0 amide bonds. The Morgan fingerprint density at radius 1 is 1.28 bits per heavy atom. The maximum absolute atomic E-state index is 9.10. The van der Waals surface area contributed by atoms with Gasteiger partial charge in [0.25, 0.3) is 0 Å². The lowest BCUT2D eigenvalue weighted by molar-refractivity contribution is -0.159. The van der Waals surface area contributed by atoms with Gasteiger partial charge in [0.15, 0.2) is 0 Å². The summed E-state index contributed by atoms with van der Waals surface area (Å²) in [6.07, 6.45) is 1.73. The van der Waals surface area contributed by atoms with Crippen molar-refractivity contribution in [2.75, 3.05) is 26.2 Å². The van der Waals surface area contributed by atoms with Crippen molar-refractivity contribution < 1.29 is 24.2 Å². The molecule has 1 aliphatic rings. The van der Waals surface area contributed by atoms with Crippen LogP contribution in [-0.4, -0.2) is 53.2 Å². The van der Waals surface area contributed by atoms with Gasteiger partial charge in [0.1, 0.15) is 5.76 Å². The first kappa shape index (κ1) is 14.2. The Labute approximate surface area is 104 Å². The van der Waals surface area contributed by atoms with Crippen LogP contribution in [0.25, 0.3) is 0 Å². The van der Waals surface area contributed by atoms with E-state index in [-0.39, 0.29) is 0 Å². The van der Waals surface area contributed by atoms with Gasteiger partial charge in [0.2, 0.25) is 0 Å². The predicted molar refractivity (Wildman–Crippen MR) is 62.1 cm³/mol. The largest absolute Gasteiger partial charge is 0.473 e. The Morgan fingerprint density at radius 2 is 1.89 bits per heavy atom. The fourth-order valence-electron chi connectivity index (χ4n) is 1.49. The standard InChI is InChI=1S/C9H14N2O.C2H2O4/c1-2-9(12-7-1)8-11-5-3-10-4-6-11;3-1(4)2(5)6/h1-2,7,10H,3-6,8H2;(H,3,4)(H,5,6). The summed E-state index contributed by atoms with van der Waals surface area (Å²) >= 11 is 0. The van der Waals surface area contributed by atoms with Crippen LogP contribution in [0.2, 0.25) is 0 Å². The summed E-state index contributed by atoms with van der Waals surface area (Å²) in [7, 11) is 0. The fourth-order valence-corrected chi connectivity index (χ4v) is 1.49. The summed E-state index contributed by atoms with van der Waals surface area (Å²) in [5, 5.41) is 18.1. The molecule has 2 heterocycles. The molecule has 7 heteroatoms. The van der Waals surface area contributed by atoms with Crippen LogP contribution < -0.4 is 5.32 Å². The number of carboxylic acid groups (broad SMARTS) is 2. The van der Waals surface area contributed by atoms with Crippen molar-refractivity contribution in [3.8, 4) is 0 Å². The zero-order valence-electron chi connectivity index (χ0n) is 9.83. The molecule has 3 N–H and O–H groups in total. The first-order valence-electron chi connectivity index (χ1n) is 5.51. The van der Waals surface area contributed by atoms with E-state index in [0.29, 0.717) is 0 Å². The van der Waals surface area contributed by atoms with Gasteiger partial charge in [-0.2, -0.15) is 0 Å². The molecule has 0 aromatic carbocycles. The van der Waals surface area contributed by atoms with E-state index in [1.807, 2.05) is 12.1 Å². The second-order valence-corrected chi connectivity index (χ2v) is 3.72. The molecule has 0 radical (unpaired) electrons. The second kappa shape index (κ2) is 7.46. The molecule has 0 bridgehead atoms. The first-order chi connectivity index (χ1) is 8.59. The van der Waals surface area contributed by atoms with Gasteiger partial charge in [0, 0.05) is 26.2 Å². The Kier molecular flexibility index (Phi) is 5.89. The maximum atomic E-state index is 9.10. The monoisotopic (exact) mass is 256 g/mol. The molecule has 1 aliphatic heterocycles. The number of hydrogen-bond donors (Lipinski definition) is 3. The van der Waals surface area contributed by atoms with Gasteiger partial charge < -0.3 is 19.9 Å². The average molecular weight is 256 g/mol. The number of carboxylic acids is 2. The van der Waals surface area contributed by atoms with E-state index in [1.165, 1.54) is 0 Å². The van der Waals surface area contributed by atoms with E-state index in [2.05, 4.69) is 10.2 Å². The highest BCUT2D eigenvalue weighted by Gasteiger charge is 2.10. The quantitative estimate of drug-likeness (QED) is 0.632. The SMILES string of the molecule is O=C(O)C(=O)O.c1coc(CN2CCNCC2)c1. The van der Waals surface area contributed by atoms with Crippen LogP contribution in [0.15, 0.2) is 22.8 Å². The molecule has 1 aromatic rings. The third-order valence-electron chi connectivity index (χ3n) is 2.35. The summed E-state index contributed by atoms with van der Waals surface area (Å²) in [4.78, 5) is 20.6. The summed E-state index contributed by atoms with van der Waals surface area (Å²) in [6, 6.07) is 3.97. The van der Waals surface area contributed by atoms with Crippen LogP contribution >= 0.6 is 0 Å². The molecule has 0 aliphatic carbocycles. The molecule has 0 unspecified atom stereocenters. The van der Waals surface area contributed by atoms with Gasteiger partial charge >= 0.3 is 11.9 Å². The molecule has 1 fully saturated rings. The highest BCUT2D eigenvalue weighted by atomic mass is 16.4. The van der Waals surface area contributed by atoms with Crippen molar-refractivity contribution in [3.05, 3.63) is 24.2 Å². The molecular formula is C11H16N2O5. The first-order valence-corrected chi connectivity index (χ1v) is 5.51. The Bertz CT molecular complexity index is 359. The lowest BCUT2D eigenvalue weighted by Crippen LogP contribution is -2.42. The lowest BCUT2D eigenvalue weighted by Gasteiger charge is -2.25. The number of piperazine rings is 1. The lowest BCUT2D eigenvalue weighted by atomic mass is 10.3. The minimum absolute atomic E-state index is 0.953. The predicted octanol–water partition coefficient (Wildman–Crippen LogP) is -0.160. The minimum atomic E-state index is -1.82. The highest BCUT2D eigenvalue weighted by molar-refractivity contribution is 6.27. The number of furan rings is 1. The number of rotatable bonds is 2. The van der Waals surface area contributed by atoms with Crippen molar-refractivity contribution in [2.45, 2.75) is 6.54 Å². The van der Waals surface area contributed by atoms with Gasteiger partial charge in [-0.15, -0.1) is 0 Å². The zero-order chi connectivity index (χ0) is 13.4. The van der Waals surface area contributed by atoms with Gasteiger partial charge in [-0.05, 0) is 12.1 Å². The van der Waals surface area contributed by atoms with E-state index >= 15 is 0 Å². The fraction of sp³-hybridized carbons (Fsp3) is 0.455. The number of nitrogens with zero attached hydrogens (tertiary/aromatic N) is 1. The molecule has 7 nitrogen and oxygen atoms in total. The third-order valence-corrected chi connectivity index (χ3v) is 2.35. The molecule has 18 heavy (non-hydrogen) atoms. The van der Waals surface area contributed by atoms with E-state index in [4.69, 9.17) is 24.2 Å². The summed E-state index contributed by atoms with van der Waals surface area (Å²) in [6.45, 7) is 5.40. The topological polar surface area (TPSA) is 103 Å². The third kappa shape index (κ3) is 5.46. The maximum Gasteiger partial charge on any atom is 0.414 e. The van der Waals surface area contributed by atoms with E-state index < -0.39 is 11.9 Å². The van der Waals surface area contributed by atoms with Crippen LogP contribution in [-0.2, 0) is 16.1 Å². The zero-order valence-corrected chi connectivity index (χ0v) is 9.83. The van der Waals surface area contributed by atoms with E-state index in [0.717, 1.165) is 38.5 Å². The summed E-state index contributed by atoms with van der Waals surface area (Å²) < 4.78 is 5.27. The Balaban J connectivity index is 0.000000232. The minimum Gasteiger partial charge on any atom is -0.473 e. The van der Waals surface area contributed by atoms with Gasteiger partial charge in [-0.1, -0.05) is 0 Å². The number of carbonyl (C=O) groups is 2. The summed E-state index contributed by atoms with van der Waals surface area (Å²) in [5.41, 5.74) is 0. The van der Waals surface area contributed by atoms with Gasteiger partial charge in [0.05, 0.1) is 12.8 Å². The average Bonchev–Trinajstić information content (AvgIpc) is 2.84.